The number of alkyl halides is 3. The van der Waals surface area contributed by atoms with Gasteiger partial charge in [-0.2, -0.15) is 13.2 Å². The van der Waals surface area contributed by atoms with Gasteiger partial charge in [0.1, 0.15) is 0 Å². The highest BCUT2D eigenvalue weighted by Crippen LogP contribution is 2.43. The second-order valence-corrected chi connectivity index (χ2v) is 6.71. The van der Waals surface area contributed by atoms with Crippen LogP contribution in [-0.2, 0) is 6.18 Å². The van der Waals surface area contributed by atoms with Gasteiger partial charge in [-0.15, -0.1) is 0 Å². The zero-order valence-corrected chi connectivity index (χ0v) is 13.4. The fraction of sp³-hybridized carbons (Fsp3) is 0.368. The van der Waals surface area contributed by atoms with E-state index in [1.165, 1.54) is 6.07 Å². The molecular weight excluding hydrogens is 313 g/mol. The van der Waals surface area contributed by atoms with Crippen molar-refractivity contribution in [2.45, 2.75) is 19.0 Å². The first-order valence-electron chi connectivity index (χ1n) is 8.21. The van der Waals surface area contributed by atoms with E-state index in [0.717, 1.165) is 42.5 Å². The summed E-state index contributed by atoms with van der Waals surface area (Å²) in [6, 6.07) is 9.63. The van der Waals surface area contributed by atoms with Gasteiger partial charge in [-0.25, -0.2) is 0 Å². The Labute approximate surface area is 139 Å². The number of anilines is 1. The predicted molar refractivity (Wildman–Crippen MR) is 89.2 cm³/mol. The third-order valence-corrected chi connectivity index (χ3v) is 5.19. The van der Waals surface area contributed by atoms with Crippen molar-refractivity contribution in [3.63, 3.8) is 0 Å². The van der Waals surface area contributed by atoms with Crippen molar-refractivity contribution in [1.29, 1.82) is 0 Å². The molecule has 1 fully saturated rings. The van der Waals surface area contributed by atoms with Crippen molar-refractivity contribution in [2.24, 2.45) is 5.92 Å². The van der Waals surface area contributed by atoms with Crippen LogP contribution in [0.15, 0.2) is 36.4 Å². The number of rotatable bonds is 1. The summed E-state index contributed by atoms with van der Waals surface area (Å²) in [7, 11) is 0. The molecule has 5 heteroatoms. The SMILES string of the molecule is Cc1cc(-c2ccccc2C(F)(F)F)cc2c1NC[C@H]1CNC[C@@H]21. The number of hydrogen-bond acceptors (Lipinski definition) is 2. The zero-order valence-electron chi connectivity index (χ0n) is 13.4. The lowest BCUT2D eigenvalue weighted by Crippen LogP contribution is -2.27. The van der Waals surface area contributed by atoms with Gasteiger partial charge in [-0.05, 0) is 53.3 Å². The molecule has 2 aliphatic heterocycles. The standard InChI is InChI=1S/C19H19F3N2/c1-11-6-12(14-4-2-3-5-17(14)19(20,21)22)7-15-16-10-23-8-13(16)9-24-18(11)15/h2-7,13,16,23-24H,8-10H2,1H3/t13-,16-/m1/s1. The van der Waals surface area contributed by atoms with Crippen LogP contribution in [0.25, 0.3) is 11.1 Å². The molecule has 0 bridgehead atoms. The van der Waals surface area contributed by atoms with Crippen LogP contribution in [0.5, 0.6) is 0 Å². The van der Waals surface area contributed by atoms with Gasteiger partial charge in [0.25, 0.3) is 0 Å². The quantitative estimate of drug-likeness (QED) is 0.808. The van der Waals surface area contributed by atoms with Crippen LogP contribution in [0.1, 0.15) is 22.6 Å². The summed E-state index contributed by atoms with van der Waals surface area (Å²) < 4.78 is 40.1. The number of halogens is 3. The molecule has 0 radical (unpaired) electrons. The van der Waals surface area contributed by atoms with Crippen molar-refractivity contribution < 1.29 is 13.2 Å². The Hall–Kier alpha value is -2.01. The Morgan fingerprint density at radius 3 is 2.62 bits per heavy atom. The molecule has 2 atom stereocenters. The second-order valence-electron chi connectivity index (χ2n) is 6.71. The summed E-state index contributed by atoms with van der Waals surface area (Å²) in [5, 5.41) is 6.86. The Balaban J connectivity index is 1.87. The Morgan fingerprint density at radius 1 is 1.04 bits per heavy atom. The van der Waals surface area contributed by atoms with Crippen LogP contribution in [0.2, 0.25) is 0 Å². The predicted octanol–water partition coefficient (Wildman–Crippen LogP) is 4.41. The highest BCUT2D eigenvalue weighted by Gasteiger charge is 2.36. The molecule has 2 heterocycles. The molecular formula is C19H19F3N2. The van der Waals surface area contributed by atoms with Crippen LogP contribution in [0.4, 0.5) is 18.9 Å². The number of fused-ring (bicyclic) bond motifs is 3. The van der Waals surface area contributed by atoms with E-state index >= 15 is 0 Å². The minimum Gasteiger partial charge on any atom is -0.384 e. The summed E-state index contributed by atoms with van der Waals surface area (Å²) in [5.74, 6) is 0.878. The van der Waals surface area contributed by atoms with Crippen LogP contribution < -0.4 is 10.6 Å². The average Bonchev–Trinajstić information content (AvgIpc) is 3.03. The number of aryl methyl sites for hydroxylation is 1. The van der Waals surface area contributed by atoms with E-state index < -0.39 is 11.7 Å². The third-order valence-electron chi connectivity index (χ3n) is 5.19. The fourth-order valence-corrected chi connectivity index (χ4v) is 4.03. The topological polar surface area (TPSA) is 24.1 Å². The first-order chi connectivity index (χ1) is 11.4. The summed E-state index contributed by atoms with van der Waals surface area (Å²) in [4.78, 5) is 0. The minimum atomic E-state index is -4.35. The molecule has 2 N–H and O–H groups in total. The van der Waals surface area contributed by atoms with Gasteiger partial charge >= 0.3 is 6.18 Å². The average molecular weight is 332 g/mol. The Kier molecular flexibility index (Phi) is 3.57. The van der Waals surface area contributed by atoms with Crippen LogP contribution in [0.3, 0.4) is 0 Å². The molecule has 24 heavy (non-hydrogen) atoms. The maximum Gasteiger partial charge on any atom is 0.417 e. The molecule has 1 saturated heterocycles. The zero-order chi connectivity index (χ0) is 16.9. The summed E-state index contributed by atoms with van der Waals surface area (Å²) in [5.41, 5.74) is 3.56. The monoisotopic (exact) mass is 332 g/mol. The van der Waals surface area contributed by atoms with Gasteiger partial charge in [-0.3, -0.25) is 0 Å². The van der Waals surface area contributed by atoms with Crippen LogP contribution in [0, 0.1) is 12.8 Å². The van der Waals surface area contributed by atoms with Crippen molar-refractivity contribution in [3.05, 3.63) is 53.1 Å². The van der Waals surface area contributed by atoms with Crippen molar-refractivity contribution in [2.75, 3.05) is 25.0 Å². The molecule has 0 amide bonds. The largest absolute Gasteiger partial charge is 0.417 e. The second kappa shape index (κ2) is 5.52. The number of nitrogens with one attached hydrogen (secondary N) is 2. The Bertz CT molecular complexity index is 783. The van der Waals surface area contributed by atoms with E-state index in [9.17, 15) is 13.2 Å². The maximum atomic E-state index is 13.4. The molecule has 2 aliphatic rings. The molecule has 0 saturated carbocycles. The molecule has 2 nitrogen and oxygen atoms in total. The molecule has 2 aromatic carbocycles. The summed E-state index contributed by atoms with van der Waals surface area (Å²) >= 11 is 0. The van der Waals surface area contributed by atoms with E-state index in [2.05, 4.69) is 10.6 Å². The van der Waals surface area contributed by atoms with Crippen LogP contribution >= 0.6 is 0 Å². The van der Waals surface area contributed by atoms with Gasteiger partial charge in [0.15, 0.2) is 0 Å². The number of hydrogen-bond donors (Lipinski definition) is 2. The normalized spacial score (nSPS) is 22.7. The van der Waals surface area contributed by atoms with Gasteiger partial charge in [0.2, 0.25) is 0 Å². The van der Waals surface area contributed by atoms with Crippen molar-refractivity contribution in [1.82, 2.24) is 5.32 Å². The molecule has 0 aliphatic carbocycles. The van der Waals surface area contributed by atoms with Crippen molar-refractivity contribution in [3.8, 4) is 11.1 Å². The lowest BCUT2D eigenvalue weighted by atomic mass is 9.81. The van der Waals surface area contributed by atoms with Gasteiger partial charge < -0.3 is 10.6 Å². The molecule has 126 valence electrons. The first kappa shape index (κ1) is 15.5. The summed E-state index contributed by atoms with van der Waals surface area (Å²) in [6.07, 6.45) is -4.35. The van der Waals surface area contributed by atoms with E-state index in [1.807, 2.05) is 19.1 Å². The lowest BCUT2D eigenvalue weighted by Gasteiger charge is -2.31. The summed E-state index contributed by atoms with van der Waals surface area (Å²) in [6.45, 7) is 4.74. The third kappa shape index (κ3) is 2.47. The molecule has 2 aromatic rings. The minimum absolute atomic E-state index is 0.254. The molecule has 0 unspecified atom stereocenters. The number of benzene rings is 2. The van der Waals surface area contributed by atoms with Crippen molar-refractivity contribution >= 4 is 5.69 Å². The fourth-order valence-electron chi connectivity index (χ4n) is 4.03. The lowest BCUT2D eigenvalue weighted by molar-refractivity contribution is -0.137. The highest BCUT2D eigenvalue weighted by molar-refractivity contribution is 5.75. The van der Waals surface area contributed by atoms with E-state index in [1.54, 1.807) is 12.1 Å². The van der Waals surface area contributed by atoms with Gasteiger partial charge in [-0.1, -0.05) is 18.2 Å². The molecule has 0 aromatic heterocycles. The molecule has 0 spiro atoms. The van der Waals surface area contributed by atoms with E-state index in [0.29, 0.717) is 17.4 Å². The van der Waals surface area contributed by atoms with E-state index in [4.69, 9.17) is 0 Å². The molecule has 4 rings (SSSR count). The van der Waals surface area contributed by atoms with Gasteiger partial charge in [0, 0.05) is 31.2 Å². The van der Waals surface area contributed by atoms with E-state index in [-0.39, 0.29) is 5.56 Å². The smallest absolute Gasteiger partial charge is 0.384 e. The first-order valence-corrected chi connectivity index (χ1v) is 8.21. The van der Waals surface area contributed by atoms with Gasteiger partial charge in [0.05, 0.1) is 5.56 Å². The van der Waals surface area contributed by atoms with Crippen LogP contribution in [-0.4, -0.2) is 19.6 Å². The highest BCUT2D eigenvalue weighted by atomic mass is 19.4. The Morgan fingerprint density at radius 2 is 1.83 bits per heavy atom. The maximum absolute atomic E-state index is 13.4.